The van der Waals surface area contributed by atoms with E-state index in [0.717, 1.165) is 12.8 Å². The lowest BCUT2D eigenvalue weighted by Crippen LogP contribution is -2.43. The first-order chi connectivity index (χ1) is 9.86. The molecule has 1 unspecified atom stereocenters. The van der Waals surface area contributed by atoms with E-state index in [1.54, 1.807) is 13.0 Å². The summed E-state index contributed by atoms with van der Waals surface area (Å²) in [6.45, 7) is 5.07. The maximum absolute atomic E-state index is 12.8. The average Bonchev–Trinajstić information content (AvgIpc) is 2.43. The Morgan fingerprint density at radius 1 is 1.48 bits per heavy atom. The van der Waals surface area contributed by atoms with Crippen molar-refractivity contribution in [1.82, 2.24) is 4.31 Å². The van der Waals surface area contributed by atoms with Gasteiger partial charge in [-0.3, -0.25) is 0 Å². The number of hydrogen-bond acceptors (Lipinski definition) is 4. The Morgan fingerprint density at radius 2 is 2.19 bits per heavy atom. The third kappa shape index (κ3) is 3.51. The second-order valence-electron chi connectivity index (χ2n) is 5.20. The molecule has 1 saturated heterocycles. The van der Waals surface area contributed by atoms with Crippen LogP contribution in [0, 0.1) is 6.92 Å². The van der Waals surface area contributed by atoms with Gasteiger partial charge in [0.1, 0.15) is 0 Å². The smallest absolute Gasteiger partial charge is 0.243 e. The SMILES string of the molecule is CCOC1CCCN(S(=O)(=O)c2cc(Cl)cc(N)c2C)C1. The van der Waals surface area contributed by atoms with Crippen molar-refractivity contribution >= 4 is 27.3 Å². The molecule has 1 aromatic rings. The van der Waals surface area contributed by atoms with Crippen molar-refractivity contribution in [1.29, 1.82) is 0 Å². The molecule has 0 aromatic heterocycles. The molecule has 1 fully saturated rings. The van der Waals surface area contributed by atoms with E-state index in [2.05, 4.69) is 0 Å². The van der Waals surface area contributed by atoms with Crippen LogP contribution in [0.3, 0.4) is 0 Å². The fourth-order valence-corrected chi connectivity index (χ4v) is 4.66. The maximum atomic E-state index is 12.8. The molecule has 1 aromatic carbocycles. The summed E-state index contributed by atoms with van der Waals surface area (Å²) in [7, 11) is -3.60. The second-order valence-corrected chi connectivity index (χ2v) is 7.54. The first kappa shape index (κ1) is 16.5. The van der Waals surface area contributed by atoms with Crippen LogP contribution in [0.5, 0.6) is 0 Å². The molecule has 1 atom stereocenters. The highest BCUT2D eigenvalue weighted by molar-refractivity contribution is 7.89. The number of rotatable bonds is 4. The first-order valence-electron chi connectivity index (χ1n) is 7.03. The number of halogens is 1. The van der Waals surface area contributed by atoms with Gasteiger partial charge in [-0.2, -0.15) is 4.31 Å². The van der Waals surface area contributed by atoms with Crippen LogP contribution in [-0.2, 0) is 14.8 Å². The van der Waals surface area contributed by atoms with Crippen molar-refractivity contribution in [2.45, 2.75) is 37.7 Å². The highest BCUT2D eigenvalue weighted by Crippen LogP contribution is 2.30. The predicted molar refractivity (Wildman–Crippen MR) is 84.0 cm³/mol. The first-order valence-corrected chi connectivity index (χ1v) is 8.85. The standard InChI is InChI=1S/C14H21ClN2O3S/c1-3-20-12-5-4-6-17(9-12)21(18,19)14-8-11(15)7-13(16)10(14)2/h7-8,12H,3-6,9,16H2,1-2H3. The van der Waals surface area contributed by atoms with E-state index in [1.165, 1.54) is 10.4 Å². The number of piperidine rings is 1. The van der Waals surface area contributed by atoms with E-state index < -0.39 is 10.0 Å². The lowest BCUT2D eigenvalue weighted by molar-refractivity contribution is 0.0265. The largest absolute Gasteiger partial charge is 0.398 e. The van der Waals surface area contributed by atoms with Crippen LogP contribution in [0.15, 0.2) is 17.0 Å². The van der Waals surface area contributed by atoms with E-state index in [1.807, 2.05) is 6.92 Å². The highest BCUT2D eigenvalue weighted by Gasteiger charge is 2.32. The molecule has 118 valence electrons. The number of hydrogen-bond donors (Lipinski definition) is 1. The second kappa shape index (κ2) is 6.52. The molecular formula is C14H21ClN2O3S. The van der Waals surface area contributed by atoms with Crippen molar-refractivity contribution in [2.75, 3.05) is 25.4 Å². The summed E-state index contributed by atoms with van der Waals surface area (Å²) in [4.78, 5) is 0.185. The van der Waals surface area contributed by atoms with Gasteiger partial charge in [-0.05, 0) is 44.4 Å². The van der Waals surface area contributed by atoms with Crippen LogP contribution in [0.2, 0.25) is 5.02 Å². The zero-order chi connectivity index (χ0) is 15.6. The maximum Gasteiger partial charge on any atom is 0.243 e. The lowest BCUT2D eigenvalue weighted by Gasteiger charge is -2.32. The number of sulfonamides is 1. The van der Waals surface area contributed by atoms with Crippen LogP contribution >= 0.6 is 11.6 Å². The number of nitrogens with zero attached hydrogens (tertiary/aromatic N) is 1. The van der Waals surface area contributed by atoms with Crippen molar-refractivity contribution < 1.29 is 13.2 Å². The number of ether oxygens (including phenoxy) is 1. The van der Waals surface area contributed by atoms with E-state index >= 15 is 0 Å². The summed E-state index contributed by atoms with van der Waals surface area (Å²) in [5.41, 5.74) is 6.76. The molecule has 1 aliphatic rings. The minimum absolute atomic E-state index is 0.0460. The molecule has 0 saturated carbocycles. The van der Waals surface area contributed by atoms with E-state index in [9.17, 15) is 8.42 Å². The summed E-state index contributed by atoms with van der Waals surface area (Å²) < 4.78 is 32.7. The zero-order valence-electron chi connectivity index (χ0n) is 12.3. The van der Waals surface area contributed by atoms with Crippen LogP contribution in [0.4, 0.5) is 5.69 Å². The lowest BCUT2D eigenvalue weighted by atomic mass is 10.1. The Bertz CT molecular complexity index is 617. The Balaban J connectivity index is 2.34. The van der Waals surface area contributed by atoms with Gasteiger partial charge in [0.2, 0.25) is 10.0 Å². The van der Waals surface area contributed by atoms with Gasteiger partial charge in [0.15, 0.2) is 0 Å². The normalized spacial score (nSPS) is 20.6. The Labute approximate surface area is 131 Å². The summed E-state index contributed by atoms with van der Waals surface area (Å²) in [6.07, 6.45) is 1.63. The van der Waals surface area contributed by atoms with Gasteiger partial charge < -0.3 is 10.5 Å². The summed E-state index contributed by atoms with van der Waals surface area (Å²) >= 11 is 5.96. The van der Waals surface area contributed by atoms with Gasteiger partial charge in [0.25, 0.3) is 0 Å². The van der Waals surface area contributed by atoms with Crippen LogP contribution in [-0.4, -0.2) is 38.5 Å². The molecule has 0 radical (unpaired) electrons. The van der Waals surface area contributed by atoms with Gasteiger partial charge >= 0.3 is 0 Å². The molecule has 7 heteroatoms. The van der Waals surface area contributed by atoms with Crippen LogP contribution < -0.4 is 5.73 Å². The average molecular weight is 333 g/mol. The molecule has 5 nitrogen and oxygen atoms in total. The van der Waals surface area contributed by atoms with Crippen molar-refractivity contribution in [3.05, 3.63) is 22.7 Å². The Morgan fingerprint density at radius 3 is 2.86 bits per heavy atom. The van der Waals surface area contributed by atoms with Gasteiger partial charge in [0.05, 0.1) is 11.0 Å². The van der Waals surface area contributed by atoms with Crippen molar-refractivity contribution in [3.63, 3.8) is 0 Å². The third-order valence-electron chi connectivity index (χ3n) is 3.73. The summed E-state index contributed by atoms with van der Waals surface area (Å²) in [5.74, 6) is 0. The van der Waals surface area contributed by atoms with Gasteiger partial charge in [-0.25, -0.2) is 8.42 Å². The Kier molecular flexibility index (Phi) is 5.14. The molecule has 1 heterocycles. The summed E-state index contributed by atoms with van der Waals surface area (Å²) in [5, 5.41) is 0.329. The molecule has 2 rings (SSSR count). The van der Waals surface area contributed by atoms with E-state index in [4.69, 9.17) is 22.1 Å². The van der Waals surface area contributed by atoms with Crippen LogP contribution in [0.1, 0.15) is 25.3 Å². The minimum atomic E-state index is -3.60. The zero-order valence-corrected chi connectivity index (χ0v) is 13.9. The quantitative estimate of drug-likeness (QED) is 0.859. The molecule has 2 N–H and O–H groups in total. The van der Waals surface area contributed by atoms with Crippen molar-refractivity contribution in [2.24, 2.45) is 0 Å². The minimum Gasteiger partial charge on any atom is -0.398 e. The monoisotopic (exact) mass is 332 g/mol. The molecule has 0 amide bonds. The highest BCUT2D eigenvalue weighted by atomic mass is 35.5. The number of nitrogen functional groups attached to an aromatic ring is 1. The molecular weight excluding hydrogens is 312 g/mol. The molecule has 21 heavy (non-hydrogen) atoms. The van der Waals surface area contributed by atoms with Crippen molar-refractivity contribution in [3.8, 4) is 0 Å². The summed E-state index contributed by atoms with van der Waals surface area (Å²) in [6, 6.07) is 3.03. The number of benzene rings is 1. The molecule has 0 bridgehead atoms. The number of anilines is 1. The van der Waals surface area contributed by atoms with Gasteiger partial charge in [-0.15, -0.1) is 0 Å². The Hall–Kier alpha value is -0.820. The van der Waals surface area contributed by atoms with Crippen LogP contribution in [0.25, 0.3) is 0 Å². The van der Waals surface area contributed by atoms with E-state index in [0.29, 0.717) is 36.0 Å². The molecule has 1 aliphatic heterocycles. The fourth-order valence-electron chi connectivity index (χ4n) is 2.58. The predicted octanol–water partition coefficient (Wildman–Crippen LogP) is 2.42. The molecule has 0 spiro atoms. The fraction of sp³-hybridized carbons (Fsp3) is 0.571. The van der Waals surface area contributed by atoms with Gasteiger partial charge in [0, 0.05) is 30.4 Å². The molecule has 0 aliphatic carbocycles. The number of nitrogens with two attached hydrogens (primary N) is 1. The third-order valence-corrected chi connectivity index (χ3v) is 5.94. The topological polar surface area (TPSA) is 72.6 Å². The van der Waals surface area contributed by atoms with Gasteiger partial charge in [-0.1, -0.05) is 11.6 Å². The van der Waals surface area contributed by atoms with E-state index in [-0.39, 0.29) is 11.0 Å².